The van der Waals surface area contributed by atoms with E-state index in [0.717, 1.165) is 59.3 Å². The standard InChI is InChI=1S/C51H77NO6/c1-7-11-13-15-17-19-21-23-25-27-33-57-45-32-31-41(36-46(45)58-34-28-26-24-22-20-18-16-14-12-8-2)43-37-44(53)49-48(43)51(54)52(38-47(55-9-3)56-10-4)50(49)42-30-29-39(5)40(6)35-42/h29-32,35-36,47H,7-28,33-34,37-38H2,1-6H3. The molecule has 0 fully saturated rings. The molecule has 322 valence electrons. The molecular weight excluding hydrogens is 723 g/mol. The number of carbonyl (C=O) groups is 2. The van der Waals surface area contributed by atoms with E-state index in [1.54, 1.807) is 4.90 Å². The van der Waals surface area contributed by atoms with Crippen LogP contribution >= 0.6 is 0 Å². The van der Waals surface area contributed by atoms with Gasteiger partial charge in [-0.1, -0.05) is 148 Å². The smallest absolute Gasteiger partial charge is 0.259 e. The lowest BCUT2D eigenvalue weighted by atomic mass is 9.99. The fraction of sp³-hybridized carbons (Fsp3) is 0.647. The van der Waals surface area contributed by atoms with Crippen LogP contribution in [-0.2, 0) is 19.1 Å². The van der Waals surface area contributed by atoms with E-state index in [4.69, 9.17) is 18.9 Å². The van der Waals surface area contributed by atoms with Crippen LogP contribution in [-0.4, -0.2) is 55.9 Å². The van der Waals surface area contributed by atoms with E-state index < -0.39 is 6.29 Å². The fourth-order valence-electron chi connectivity index (χ4n) is 8.24. The van der Waals surface area contributed by atoms with Crippen LogP contribution in [0.2, 0.25) is 0 Å². The Morgan fingerprint density at radius 3 is 1.57 bits per heavy atom. The SMILES string of the molecule is CCCCCCCCCCCCOc1ccc(C2=C3C(=O)N(CC(OCC)OCC)C(c4ccc(C)c(C)c4)=C3C(=O)C2)cc1OCCCCCCCCCCCC. The Balaban J connectivity index is 1.53. The summed E-state index contributed by atoms with van der Waals surface area (Å²) in [5.41, 5.74) is 6.27. The van der Waals surface area contributed by atoms with Crippen LogP contribution in [0, 0.1) is 13.8 Å². The van der Waals surface area contributed by atoms with E-state index in [9.17, 15) is 9.59 Å². The minimum absolute atomic E-state index is 0.0486. The highest BCUT2D eigenvalue weighted by Crippen LogP contribution is 2.47. The summed E-state index contributed by atoms with van der Waals surface area (Å²) in [7, 11) is 0. The Morgan fingerprint density at radius 1 is 0.552 bits per heavy atom. The third-order valence-electron chi connectivity index (χ3n) is 11.8. The molecule has 0 saturated heterocycles. The van der Waals surface area contributed by atoms with Crippen LogP contribution in [0.5, 0.6) is 11.5 Å². The van der Waals surface area contributed by atoms with Gasteiger partial charge in [-0.25, -0.2) is 0 Å². The lowest BCUT2D eigenvalue weighted by molar-refractivity contribution is -0.150. The summed E-state index contributed by atoms with van der Waals surface area (Å²) < 4.78 is 24.7. The third kappa shape index (κ3) is 14.4. The zero-order valence-electron chi connectivity index (χ0n) is 37.3. The first-order valence-electron chi connectivity index (χ1n) is 23.4. The van der Waals surface area contributed by atoms with Crippen molar-refractivity contribution in [3.63, 3.8) is 0 Å². The van der Waals surface area contributed by atoms with Gasteiger partial charge in [-0.15, -0.1) is 0 Å². The molecule has 0 unspecified atom stereocenters. The molecule has 0 atom stereocenters. The highest BCUT2D eigenvalue weighted by atomic mass is 16.7. The van der Waals surface area contributed by atoms with Crippen molar-refractivity contribution >= 4 is 23.0 Å². The first-order valence-corrected chi connectivity index (χ1v) is 23.4. The normalized spacial score (nSPS) is 14.2. The predicted molar refractivity (Wildman–Crippen MR) is 239 cm³/mol. The molecule has 0 aromatic heterocycles. The average Bonchev–Trinajstić information content (AvgIpc) is 3.70. The Bertz CT molecular complexity index is 1620. The summed E-state index contributed by atoms with van der Waals surface area (Å²) in [5.74, 6) is 1.17. The van der Waals surface area contributed by atoms with Crippen molar-refractivity contribution in [2.24, 2.45) is 0 Å². The molecule has 4 rings (SSSR count). The molecule has 2 aromatic rings. The van der Waals surface area contributed by atoms with Gasteiger partial charge in [0.25, 0.3) is 5.91 Å². The average molecular weight is 800 g/mol. The molecule has 58 heavy (non-hydrogen) atoms. The predicted octanol–water partition coefficient (Wildman–Crippen LogP) is 13.3. The molecule has 0 saturated carbocycles. The summed E-state index contributed by atoms with van der Waals surface area (Å²) in [6.07, 6.45) is 24.9. The molecule has 1 aliphatic heterocycles. The Labute approximate surface area is 352 Å². The molecule has 1 heterocycles. The second kappa shape index (κ2) is 26.6. The van der Waals surface area contributed by atoms with Gasteiger partial charge in [-0.3, -0.25) is 9.59 Å². The number of Topliss-reactive ketones (excluding diaryl/α,β-unsaturated/α-hetero) is 1. The van der Waals surface area contributed by atoms with Crippen molar-refractivity contribution < 1.29 is 28.5 Å². The van der Waals surface area contributed by atoms with Crippen LogP contribution in [0.3, 0.4) is 0 Å². The zero-order chi connectivity index (χ0) is 41.5. The molecular formula is C51H77NO6. The van der Waals surface area contributed by atoms with Crippen LogP contribution in [0.15, 0.2) is 47.5 Å². The number of aryl methyl sites for hydroxylation is 2. The van der Waals surface area contributed by atoms with Crippen molar-refractivity contribution in [1.82, 2.24) is 4.90 Å². The molecule has 0 N–H and O–H groups in total. The number of amides is 1. The van der Waals surface area contributed by atoms with E-state index in [1.807, 2.05) is 38.1 Å². The Hall–Kier alpha value is -3.42. The number of hydrogen-bond donors (Lipinski definition) is 0. The summed E-state index contributed by atoms with van der Waals surface area (Å²) in [5, 5.41) is 0. The minimum Gasteiger partial charge on any atom is -0.490 e. The largest absolute Gasteiger partial charge is 0.490 e. The lowest BCUT2D eigenvalue weighted by Gasteiger charge is -2.27. The van der Waals surface area contributed by atoms with Gasteiger partial charge in [0.15, 0.2) is 23.6 Å². The third-order valence-corrected chi connectivity index (χ3v) is 11.8. The van der Waals surface area contributed by atoms with E-state index in [1.165, 1.54) is 103 Å². The molecule has 0 bridgehead atoms. The molecule has 2 aromatic carbocycles. The summed E-state index contributed by atoms with van der Waals surface area (Å²) in [6.45, 7) is 14.8. The maximum absolute atomic E-state index is 14.6. The van der Waals surface area contributed by atoms with E-state index in [2.05, 4.69) is 39.8 Å². The Kier molecular flexibility index (Phi) is 21.7. The lowest BCUT2D eigenvalue weighted by Crippen LogP contribution is -2.36. The van der Waals surface area contributed by atoms with Crippen molar-refractivity contribution in [3.8, 4) is 11.5 Å². The summed E-state index contributed by atoms with van der Waals surface area (Å²) >= 11 is 0. The van der Waals surface area contributed by atoms with Gasteiger partial charge in [0.2, 0.25) is 0 Å². The van der Waals surface area contributed by atoms with Gasteiger partial charge >= 0.3 is 0 Å². The summed E-state index contributed by atoms with van der Waals surface area (Å²) in [6, 6.07) is 12.1. The van der Waals surface area contributed by atoms with Gasteiger partial charge in [0.1, 0.15) is 0 Å². The van der Waals surface area contributed by atoms with Gasteiger partial charge in [-0.2, -0.15) is 0 Å². The van der Waals surface area contributed by atoms with E-state index in [-0.39, 0.29) is 24.7 Å². The van der Waals surface area contributed by atoms with Gasteiger partial charge in [0, 0.05) is 19.6 Å². The number of ketones is 1. The minimum atomic E-state index is -0.614. The topological polar surface area (TPSA) is 74.3 Å². The van der Waals surface area contributed by atoms with Gasteiger partial charge in [0.05, 0.1) is 36.6 Å². The molecule has 0 radical (unpaired) electrons. The van der Waals surface area contributed by atoms with E-state index in [0.29, 0.717) is 49.0 Å². The van der Waals surface area contributed by atoms with Crippen molar-refractivity contribution in [2.45, 2.75) is 183 Å². The van der Waals surface area contributed by atoms with Crippen LogP contribution in [0.25, 0.3) is 11.3 Å². The molecule has 1 aliphatic carbocycles. The summed E-state index contributed by atoms with van der Waals surface area (Å²) in [4.78, 5) is 30.3. The number of unbranched alkanes of at least 4 members (excludes halogenated alkanes) is 18. The molecule has 2 aliphatic rings. The fourth-order valence-corrected chi connectivity index (χ4v) is 8.24. The molecule has 7 heteroatoms. The first-order chi connectivity index (χ1) is 28.3. The van der Waals surface area contributed by atoms with Crippen LogP contribution in [0.1, 0.15) is 185 Å². The molecule has 0 spiro atoms. The number of allylic oxidation sites excluding steroid dienone is 1. The maximum Gasteiger partial charge on any atom is 0.259 e. The number of carbonyl (C=O) groups excluding carboxylic acids is 2. The zero-order valence-corrected chi connectivity index (χ0v) is 37.3. The second-order valence-corrected chi connectivity index (χ2v) is 16.5. The Morgan fingerprint density at radius 2 is 1.05 bits per heavy atom. The number of fused-ring (bicyclic) bond motifs is 1. The van der Waals surface area contributed by atoms with E-state index >= 15 is 0 Å². The van der Waals surface area contributed by atoms with Gasteiger partial charge in [-0.05, 0) is 86.6 Å². The molecule has 7 nitrogen and oxygen atoms in total. The second-order valence-electron chi connectivity index (χ2n) is 16.5. The van der Waals surface area contributed by atoms with Crippen LogP contribution < -0.4 is 9.47 Å². The molecule has 1 amide bonds. The number of rotatable bonds is 32. The first kappa shape index (κ1) is 47.3. The van der Waals surface area contributed by atoms with Crippen molar-refractivity contribution in [1.29, 1.82) is 0 Å². The van der Waals surface area contributed by atoms with Crippen molar-refractivity contribution in [2.75, 3.05) is 33.0 Å². The van der Waals surface area contributed by atoms with Crippen molar-refractivity contribution in [3.05, 3.63) is 69.8 Å². The number of nitrogens with zero attached hydrogens (tertiary/aromatic N) is 1. The quantitative estimate of drug-likeness (QED) is 0.0542. The van der Waals surface area contributed by atoms with Crippen LogP contribution in [0.4, 0.5) is 0 Å². The number of benzene rings is 2. The maximum atomic E-state index is 14.6. The number of hydrogen-bond acceptors (Lipinski definition) is 6. The highest BCUT2D eigenvalue weighted by Gasteiger charge is 2.45. The number of ether oxygens (including phenoxy) is 4. The van der Waals surface area contributed by atoms with Gasteiger partial charge < -0.3 is 23.8 Å². The highest BCUT2D eigenvalue weighted by molar-refractivity contribution is 6.31. The monoisotopic (exact) mass is 800 g/mol.